The van der Waals surface area contributed by atoms with Crippen LogP contribution in [0.1, 0.15) is 51.9 Å². The monoisotopic (exact) mass is 241 g/mol. The smallest absolute Gasteiger partial charge is 0.168 e. The van der Waals surface area contributed by atoms with Gasteiger partial charge in [0.1, 0.15) is 0 Å². The summed E-state index contributed by atoms with van der Waals surface area (Å²) >= 11 is 0. The maximum Gasteiger partial charge on any atom is 0.168 e. The van der Waals surface area contributed by atoms with Gasteiger partial charge in [0.25, 0.3) is 0 Å². The van der Waals surface area contributed by atoms with Gasteiger partial charge in [-0.1, -0.05) is 13.3 Å². The highest BCUT2D eigenvalue weighted by Crippen LogP contribution is 2.39. The van der Waals surface area contributed by atoms with Crippen LogP contribution in [0.3, 0.4) is 0 Å². The quantitative estimate of drug-likeness (QED) is 0.725. The average Bonchev–Trinajstić information content (AvgIpc) is 2.80. The van der Waals surface area contributed by atoms with Crippen molar-refractivity contribution in [2.24, 2.45) is 5.92 Å². The van der Waals surface area contributed by atoms with Gasteiger partial charge in [0.15, 0.2) is 5.79 Å². The molecule has 2 rings (SSSR count). The van der Waals surface area contributed by atoms with Gasteiger partial charge >= 0.3 is 0 Å². The first-order valence-electron chi connectivity index (χ1n) is 7.33. The van der Waals surface area contributed by atoms with Crippen molar-refractivity contribution in [3.05, 3.63) is 0 Å². The molecule has 1 aliphatic heterocycles. The Morgan fingerprint density at radius 2 is 1.82 bits per heavy atom. The Kier molecular flexibility index (Phi) is 5.26. The van der Waals surface area contributed by atoms with Crippen molar-refractivity contribution in [1.82, 2.24) is 5.32 Å². The highest BCUT2D eigenvalue weighted by Gasteiger charge is 2.39. The van der Waals surface area contributed by atoms with Gasteiger partial charge in [0, 0.05) is 12.8 Å². The second kappa shape index (κ2) is 6.72. The molecular formula is C14H27NO2. The molecule has 0 unspecified atom stereocenters. The average molecular weight is 241 g/mol. The van der Waals surface area contributed by atoms with E-state index in [9.17, 15) is 0 Å². The topological polar surface area (TPSA) is 30.5 Å². The first-order valence-corrected chi connectivity index (χ1v) is 7.33. The number of nitrogens with one attached hydrogen (secondary N) is 1. The molecule has 100 valence electrons. The van der Waals surface area contributed by atoms with Crippen molar-refractivity contribution < 1.29 is 9.47 Å². The summed E-state index contributed by atoms with van der Waals surface area (Å²) in [5.41, 5.74) is 0. The van der Waals surface area contributed by atoms with Crippen LogP contribution in [0, 0.1) is 5.92 Å². The minimum atomic E-state index is -0.174. The Labute approximate surface area is 105 Å². The van der Waals surface area contributed by atoms with E-state index in [1.54, 1.807) is 0 Å². The zero-order chi connectivity index (χ0) is 12.0. The van der Waals surface area contributed by atoms with Gasteiger partial charge in [-0.3, -0.25) is 0 Å². The molecule has 17 heavy (non-hydrogen) atoms. The van der Waals surface area contributed by atoms with E-state index in [4.69, 9.17) is 9.47 Å². The maximum atomic E-state index is 5.75. The van der Waals surface area contributed by atoms with Crippen LogP contribution in [0.4, 0.5) is 0 Å². The zero-order valence-electron chi connectivity index (χ0n) is 11.2. The SMILES string of the molecule is CCCCNCCC1CCC2(CC1)OCCO2. The molecule has 3 nitrogen and oxygen atoms in total. The van der Waals surface area contributed by atoms with E-state index in [1.165, 1.54) is 45.2 Å². The lowest BCUT2D eigenvalue weighted by molar-refractivity contribution is -0.182. The van der Waals surface area contributed by atoms with E-state index in [2.05, 4.69) is 12.2 Å². The van der Waals surface area contributed by atoms with Crippen molar-refractivity contribution in [2.75, 3.05) is 26.3 Å². The van der Waals surface area contributed by atoms with Crippen LogP contribution >= 0.6 is 0 Å². The molecule has 2 fully saturated rings. The fourth-order valence-corrected chi connectivity index (χ4v) is 2.92. The van der Waals surface area contributed by atoms with E-state index in [-0.39, 0.29) is 5.79 Å². The standard InChI is InChI=1S/C14H27NO2/c1-2-3-9-15-10-6-13-4-7-14(8-5-13)16-11-12-17-14/h13,15H,2-12H2,1H3. The molecule has 0 amide bonds. The third kappa shape index (κ3) is 3.94. The van der Waals surface area contributed by atoms with Crippen LogP contribution in [-0.2, 0) is 9.47 Å². The number of hydrogen-bond acceptors (Lipinski definition) is 3. The van der Waals surface area contributed by atoms with Crippen LogP contribution < -0.4 is 5.32 Å². The van der Waals surface area contributed by atoms with Crippen LogP contribution in [-0.4, -0.2) is 32.1 Å². The Hall–Kier alpha value is -0.120. The summed E-state index contributed by atoms with van der Waals surface area (Å²) in [6, 6.07) is 0. The summed E-state index contributed by atoms with van der Waals surface area (Å²) < 4.78 is 11.5. The first-order chi connectivity index (χ1) is 8.35. The molecule has 1 spiro atoms. The van der Waals surface area contributed by atoms with E-state index >= 15 is 0 Å². The fourth-order valence-electron chi connectivity index (χ4n) is 2.92. The molecule has 0 radical (unpaired) electrons. The summed E-state index contributed by atoms with van der Waals surface area (Å²) in [5, 5.41) is 3.53. The summed E-state index contributed by atoms with van der Waals surface area (Å²) in [4.78, 5) is 0. The summed E-state index contributed by atoms with van der Waals surface area (Å²) in [7, 11) is 0. The molecule has 1 saturated carbocycles. The third-order valence-corrected chi connectivity index (χ3v) is 4.12. The lowest BCUT2D eigenvalue weighted by Gasteiger charge is -2.35. The Morgan fingerprint density at radius 1 is 1.12 bits per heavy atom. The molecule has 1 saturated heterocycles. The van der Waals surface area contributed by atoms with Crippen LogP contribution in [0.25, 0.3) is 0 Å². The number of unbranched alkanes of at least 4 members (excludes halogenated alkanes) is 1. The van der Waals surface area contributed by atoms with Crippen molar-refractivity contribution in [3.8, 4) is 0 Å². The molecule has 0 aromatic carbocycles. The molecular weight excluding hydrogens is 214 g/mol. The Morgan fingerprint density at radius 3 is 2.47 bits per heavy atom. The molecule has 1 heterocycles. The fraction of sp³-hybridized carbons (Fsp3) is 1.00. The molecule has 3 heteroatoms. The van der Waals surface area contributed by atoms with Gasteiger partial charge in [0.2, 0.25) is 0 Å². The van der Waals surface area contributed by atoms with Crippen LogP contribution in [0.15, 0.2) is 0 Å². The minimum absolute atomic E-state index is 0.174. The maximum absolute atomic E-state index is 5.75. The molecule has 2 aliphatic rings. The normalized spacial score (nSPS) is 24.5. The lowest BCUT2D eigenvalue weighted by atomic mass is 9.83. The summed E-state index contributed by atoms with van der Waals surface area (Å²) in [6.07, 6.45) is 8.66. The summed E-state index contributed by atoms with van der Waals surface area (Å²) in [6.45, 7) is 6.19. The number of rotatable bonds is 6. The highest BCUT2D eigenvalue weighted by molar-refractivity contribution is 4.82. The van der Waals surface area contributed by atoms with E-state index in [0.717, 1.165) is 32.0 Å². The molecule has 0 bridgehead atoms. The van der Waals surface area contributed by atoms with Crippen molar-refractivity contribution in [1.29, 1.82) is 0 Å². The molecule has 1 N–H and O–H groups in total. The molecule has 0 aromatic rings. The molecule has 0 atom stereocenters. The van der Waals surface area contributed by atoms with Crippen molar-refractivity contribution >= 4 is 0 Å². The van der Waals surface area contributed by atoms with E-state index < -0.39 is 0 Å². The van der Waals surface area contributed by atoms with Crippen molar-refractivity contribution in [3.63, 3.8) is 0 Å². The van der Waals surface area contributed by atoms with Gasteiger partial charge in [-0.2, -0.15) is 0 Å². The molecule has 0 aromatic heterocycles. The van der Waals surface area contributed by atoms with Crippen LogP contribution in [0.5, 0.6) is 0 Å². The number of ether oxygens (including phenoxy) is 2. The largest absolute Gasteiger partial charge is 0.348 e. The second-order valence-corrected chi connectivity index (χ2v) is 5.44. The predicted octanol–water partition coefficient (Wildman–Crippen LogP) is 2.70. The van der Waals surface area contributed by atoms with Gasteiger partial charge in [-0.25, -0.2) is 0 Å². The Bertz CT molecular complexity index is 204. The zero-order valence-corrected chi connectivity index (χ0v) is 11.2. The first kappa shape index (κ1) is 13.3. The Balaban J connectivity index is 1.56. The molecule has 1 aliphatic carbocycles. The predicted molar refractivity (Wildman–Crippen MR) is 69.0 cm³/mol. The minimum Gasteiger partial charge on any atom is -0.348 e. The highest BCUT2D eigenvalue weighted by atomic mass is 16.7. The van der Waals surface area contributed by atoms with E-state index in [0.29, 0.717) is 0 Å². The van der Waals surface area contributed by atoms with Gasteiger partial charge in [-0.05, 0) is 44.7 Å². The second-order valence-electron chi connectivity index (χ2n) is 5.44. The van der Waals surface area contributed by atoms with Gasteiger partial charge in [0.05, 0.1) is 13.2 Å². The third-order valence-electron chi connectivity index (χ3n) is 4.12. The lowest BCUT2D eigenvalue weighted by Crippen LogP contribution is -2.35. The summed E-state index contributed by atoms with van der Waals surface area (Å²) in [5.74, 6) is 0.703. The van der Waals surface area contributed by atoms with Crippen LogP contribution in [0.2, 0.25) is 0 Å². The van der Waals surface area contributed by atoms with Gasteiger partial charge < -0.3 is 14.8 Å². The number of hydrogen-bond donors (Lipinski definition) is 1. The van der Waals surface area contributed by atoms with Gasteiger partial charge in [-0.15, -0.1) is 0 Å². The van der Waals surface area contributed by atoms with E-state index in [1.807, 2.05) is 0 Å². The van der Waals surface area contributed by atoms with Crippen molar-refractivity contribution in [2.45, 2.75) is 57.7 Å².